The molecule has 0 amide bonds. The number of pyridine rings is 1. The molecule has 7 aromatic rings. The van der Waals surface area contributed by atoms with E-state index in [1.807, 2.05) is 74.6 Å². The van der Waals surface area contributed by atoms with Crippen LogP contribution in [-0.2, 0) is 20.1 Å². The van der Waals surface area contributed by atoms with E-state index in [1.54, 1.807) is 0 Å². The summed E-state index contributed by atoms with van der Waals surface area (Å²) in [6.45, 7) is 8.27. The molecule has 0 spiro atoms. The van der Waals surface area contributed by atoms with Gasteiger partial charge in [-0.15, -0.1) is 18.2 Å². The van der Waals surface area contributed by atoms with E-state index in [2.05, 4.69) is 89.2 Å². The molecule has 1 radical (unpaired) electrons. The second kappa shape index (κ2) is 13.5. The van der Waals surface area contributed by atoms with Gasteiger partial charge in [0.25, 0.3) is 0 Å². The maximum Gasteiger partial charge on any atom is 0 e. The van der Waals surface area contributed by atoms with Crippen LogP contribution >= 0.6 is 0 Å². The van der Waals surface area contributed by atoms with E-state index >= 15 is 0 Å². The van der Waals surface area contributed by atoms with Crippen LogP contribution in [0.25, 0.3) is 55.6 Å². The molecule has 0 atom stereocenters. The third-order valence-electron chi connectivity index (χ3n) is 7.91. The summed E-state index contributed by atoms with van der Waals surface area (Å²) < 4.78 is 18.2. The van der Waals surface area contributed by atoms with E-state index in [4.69, 9.17) is 10.8 Å². The molecule has 0 aliphatic heterocycles. The summed E-state index contributed by atoms with van der Waals surface area (Å²) in [7, 11) is 0. The van der Waals surface area contributed by atoms with E-state index in [-0.39, 0.29) is 26.1 Å². The number of nitrogens with zero attached hydrogens (tertiary/aromatic N) is 3. The van der Waals surface area contributed by atoms with Crippen molar-refractivity contribution in [2.24, 2.45) is 0 Å². The third kappa shape index (κ3) is 6.58. The van der Waals surface area contributed by atoms with Crippen molar-refractivity contribution in [1.82, 2.24) is 14.5 Å². The molecule has 45 heavy (non-hydrogen) atoms. The van der Waals surface area contributed by atoms with Crippen LogP contribution in [0.15, 0.2) is 102 Å². The molecule has 0 bridgehead atoms. The van der Waals surface area contributed by atoms with Gasteiger partial charge in [0.2, 0.25) is 0 Å². The summed E-state index contributed by atoms with van der Waals surface area (Å²) in [6, 6.07) is 37.2. The van der Waals surface area contributed by atoms with Crippen molar-refractivity contribution < 1.29 is 25.9 Å². The minimum absolute atomic E-state index is 0. The molecule has 0 unspecified atom stereocenters. The average Bonchev–Trinajstić information content (AvgIpc) is 3.60. The first-order valence-corrected chi connectivity index (χ1v) is 22.5. The molecule has 0 fully saturated rings. The van der Waals surface area contributed by atoms with E-state index in [0.717, 1.165) is 61.2 Å². The average molecular weight is 832 g/mol. The largest absolute Gasteiger partial charge is 0 e. The molecular weight excluding hydrogens is 791 g/mol. The molecule has 4 aromatic carbocycles. The number of hydrogen-bond donors (Lipinski definition) is 0. The van der Waals surface area contributed by atoms with Gasteiger partial charge in [0.1, 0.15) is 5.58 Å². The van der Waals surface area contributed by atoms with E-state index < -0.39 is 19.2 Å². The Morgan fingerprint density at radius 2 is 1.58 bits per heavy atom. The van der Waals surface area contributed by atoms with Crippen molar-refractivity contribution in [2.75, 3.05) is 0 Å². The first-order chi connectivity index (χ1) is 21.4. The Morgan fingerprint density at radius 3 is 2.29 bits per heavy atom. The number of aromatic nitrogens is 3. The van der Waals surface area contributed by atoms with Crippen LogP contribution in [0.4, 0.5) is 0 Å². The zero-order valence-corrected chi connectivity index (χ0v) is 31.4. The Labute approximate surface area is 284 Å². The number of hydrogen-bond acceptors (Lipinski definition) is 3. The maximum atomic E-state index is 8.44. The topological polar surface area (TPSA) is 43.9 Å². The molecular formula is C39H39GeIrN3O-2. The molecule has 3 aromatic heterocycles. The Bertz CT molecular complexity index is 2120. The fourth-order valence-corrected chi connectivity index (χ4v) is 9.09. The first-order valence-electron chi connectivity index (χ1n) is 15.7. The van der Waals surface area contributed by atoms with Gasteiger partial charge in [-0.3, -0.25) is 4.98 Å². The Hall–Kier alpha value is -3.51. The summed E-state index contributed by atoms with van der Waals surface area (Å²) in [5.74, 6) is 7.35. The van der Waals surface area contributed by atoms with Gasteiger partial charge in [-0.1, -0.05) is 41.3 Å². The number of fused-ring (bicyclic) bond motifs is 4. The molecule has 0 aliphatic carbocycles. The van der Waals surface area contributed by atoms with E-state index in [1.165, 1.54) is 4.40 Å². The molecule has 0 N–H and O–H groups in total. The Morgan fingerprint density at radius 1 is 0.844 bits per heavy atom. The van der Waals surface area contributed by atoms with Gasteiger partial charge in [-0.25, -0.2) is 0 Å². The Kier molecular flexibility index (Phi) is 9.42. The molecule has 0 aliphatic rings. The predicted octanol–water partition coefficient (Wildman–Crippen LogP) is 10.2. The molecule has 7 rings (SSSR count). The molecule has 231 valence electrons. The van der Waals surface area contributed by atoms with Crippen molar-refractivity contribution in [3.63, 3.8) is 0 Å². The number of benzene rings is 4. The van der Waals surface area contributed by atoms with Crippen LogP contribution in [0.2, 0.25) is 17.3 Å². The monoisotopic (exact) mass is 833 g/mol. The third-order valence-corrected chi connectivity index (χ3v) is 12.1. The minimum atomic E-state index is -2.03. The van der Waals surface area contributed by atoms with Crippen molar-refractivity contribution in [3.05, 3.63) is 115 Å². The quantitative estimate of drug-likeness (QED) is 0.128. The standard InChI is InChI=1S/C22H17N2O.C17H22GeN.Ir/c1-14(2)24-19-12-5-4-11-18(19)23-22(24)17-10-7-9-16-15-8-3-6-13-20(15)25-21(16)17;1-13(2)15-11-17(14-9-7-6-8-10-14)19-12-16(15)18(3,4)5;/h3-9,11-14H,1-2H3;6-9,11-13H,1-5H3;/q2*-1;/i;13D;. The van der Waals surface area contributed by atoms with Crippen molar-refractivity contribution in [3.8, 4) is 22.6 Å². The molecule has 6 heteroatoms. The van der Waals surface area contributed by atoms with Crippen LogP contribution in [-0.4, -0.2) is 27.8 Å². The van der Waals surface area contributed by atoms with Gasteiger partial charge in [0.15, 0.2) is 0 Å². The summed E-state index contributed by atoms with van der Waals surface area (Å²) in [5, 5.41) is 2.23. The second-order valence-electron chi connectivity index (χ2n) is 12.7. The number of imidazole rings is 1. The fourth-order valence-electron chi connectivity index (χ4n) is 5.77. The molecule has 0 saturated carbocycles. The van der Waals surface area contributed by atoms with Crippen molar-refractivity contribution in [2.45, 2.75) is 56.9 Å². The van der Waals surface area contributed by atoms with Crippen LogP contribution in [0, 0.1) is 12.1 Å². The number of furan rings is 1. The molecule has 4 nitrogen and oxygen atoms in total. The minimum Gasteiger partial charge on any atom is 0 e. The maximum absolute atomic E-state index is 8.44. The SMILES string of the molecule is CC(C)n1c(-c2[c-]ccc3c2oc2ccccc23)nc2ccccc21.[2H]C(C)(C)c1cc(-c2[c-]cccc2)nc[c]1[Ge]([CH3])([CH3])[CH3].[Ir]. The second-order valence-corrected chi connectivity index (χ2v) is 23.3. The fraction of sp³-hybridized carbons (Fsp3) is 0.231. The van der Waals surface area contributed by atoms with E-state index in [9.17, 15) is 0 Å². The summed E-state index contributed by atoms with van der Waals surface area (Å²) >= 11 is -2.03. The van der Waals surface area contributed by atoms with E-state index in [0.29, 0.717) is 0 Å². The normalized spacial score (nSPS) is 12.2. The van der Waals surface area contributed by atoms with Gasteiger partial charge in [-0.2, -0.15) is 0 Å². The van der Waals surface area contributed by atoms with Crippen LogP contribution in [0.3, 0.4) is 0 Å². The van der Waals surface area contributed by atoms with Crippen LogP contribution < -0.4 is 4.40 Å². The molecule has 0 saturated heterocycles. The van der Waals surface area contributed by atoms with Crippen LogP contribution in [0.1, 0.15) is 46.6 Å². The number of rotatable bonds is 5. The van der Waals surface area contributed by atoms with Crippen LogP contribution in [0.5, 0.6) is 0 Å². The predicted molar refractivity (Wildman–Crippen MR) is 187 cm³/mol. The van der Waals surface area contributed by atoms with Crippen molar-refractivity contribution in [1.29, 1.82) is 0 Å². The molecule has 3 heterocycles. The summed E-state index contributed by atoms with van der Waals surface area (Å²) in [5.41, 5.74) is 7.81. The van der Waals surface area contributed by atoms with Gasteiger partial charge in [0, 0.05) is 31.5 Å². The zero-order chi connectivity index (χ0) is 31.9. The van der Waals surface area contributed by atoms with Gasteiger partial charge in [0.05, 0.1) is 22.4 Å². The summed E-state index contributed by atoms with van der Waals surface area (Å²) in [6.07, 6.45) is 2.00. The van der Waals surface area contributed by atoms with Crippen molar-refractivity contribution >= 4 is 50.6 Å². The van der Waals surface area contributed by atoms with Gasteiger partial charge < -0.3 is 8.98 Å². The number of para-hydroxylation sites is 3. The van der Waals surface area contributed by atoms with Gasteiger partial charge >= 0.3 is 120 Å². The first kappa shape index (κ1) is 31.5. The summed E-state index contributed by atoms with van der Waals surface area (Å²) in [4.78, 5) is 9.52. The smallest absolute Gasteiger partial charge is 0 e. The zero-order valence-electron chi connectivity index (χ0n) is 27.9. The Balaban J connectivity index is 0.000000182. The van der Waals surface area contributed by atoms with Gasteiger partial charge in [-0.05, 0) is 32.0 Å².